The molecule has 0 saturated heterocycles. The van der Waals surface area contributed by atoms with Gasteiger partial charge in [-0.15, -0.1) is 0 Å². The SMILES string of the molecule is c1cnc2c(c1)-c1sc3c4cccnc4sc3[n+]1C2. The standard InChI is InChI=1S/C14H8N3S2/c1-3-8-10(15-5-1)7-17-13(8)18-11-9-4-2-6-16-12(9)19-14(11)17/h1-6H,7H2/q+1. The number of aromatic nitrogens is 3. The van der Waals surface area contributed by atoms with Crippen LogP contribution in [0.5, 0.6) is 0 Å². The molecule has 5 rings (SSSR count). The van der Waals surface area contributed by atoms with Gasteiger partial charge in [0.25, 0.3) is 9.84 Å². The van der Waals surface area contributed by atoms with Crippen LogP contribution in [-0.4, -0.2) is 9.97 Å². The highest BCUT2D eigenvalue weighted by atomic mass is 32.1. The van der Waals surface area contributed by atoms with Crippen LogP contribution >= 0.6 is 22.7 Å². The predicted molar refractivity (Wildman–Crippen MR) is 77.5 cm³/mol. The van der Waals surface area contributed by atoms with Crippen molar-refractivity contribution >= 4 is 42.4 Å². The first-order chi connectivity index (χ1) is 9.42. The highest BCUT2D eigenvalue weighted by Gasteiger charge is 2.34. The summed E-state index contributed by atoms with van der Waals surface area (Å²) in [5.74, 6) is 0. The van der Waals surface area contributed by atoms with E-state index in [9.17, 15) is 0 Å². The fourth-order valence-electron chi connectivity index (χ4n) is 2.67. The third kappa shape index (κ3) is 1.19. The average Bonchev–Trinajstić information content (AvgIpc) is 3.07. The van der Waals surface area contributed by atoms with Crippen LogP contribution in [0.2, 0.25) is 0 Å². The number of hydrogen-bond acceptors (Lipinski definition) is 4. The number of fused-ring (bicyclic) bond motifs is 7. The molecule has 0 fully saturated rings. The van der Waals surface area contributed by atoms with Gasteiger partial charge in [0, 0.05) is 17.8 Å². The Morgan fingerprint density at radius 3 is 2.95 bits per heavy atom. The summed E-state index contributed by atoms with van der Waals surface area (Å²) in [5.41, 5.74) is 2.47. The van der Waals surface area contributed by atoms with Gasteiger partial charge in [-0.3, -0.25) is 4.98 Å². The Bertz CT molecular complexity index is 952. The summed E-state index contributed by atoms with van der Waals surface area (Å²) in [4.78, 5) is 11.4. The molecule has 5 heterocycles. The second-order valence-electron chi connectivity index (χ2n) is 4.58. The molecule has 0 aliphatic carbocycles. The first-order valence-electron chi connectivity index (χ1n) is 6.06. The molecular formula is C14H8N3S2+. The fraction of sp³-hybridized carbons (Fsp3) is 0.0714. The Balaban J connectivity index is 1.93. The van der Waals surface area contributed by atoms with Crippen molar-refractivity contribution in [3.63, 3.8) is 0 Å². The van der Waals surface area contributed by atoms with Crippen LogP contribution in [0.3, 0.4) is 0 Å². The first-order valence-corrected chi connectivity index (χ1v) is 7.69. The summed E-state index contributed by atoms with van der Waals surface area (Å²) in [5, 5.41) is 2.61. The molecular weight excluding hydrogens is 274 g/mol. The highest BCUT2D eigenvalue weighted by molar-refractivity contribution is 7.32. The van der Waals surface area contributed by atoms with Crippen molar-refractivity contribution in [3.8, 4) is 10.6 Å². The van der Waals surface area contributed by atoms with Crippen molar-refractivity contribution < 1.29 is 4.57 Å². The van der Waals surface area contributed by atoms with E-state index < -0.39 is 0 Å². The maximum Gasteiger partial charge on any atom is 0.283 e. The third-order valence-electron chi connectivity index (χ3n) is 3.52. The van der Waals surface area contributed by atoms with E-state index in [4.69, 9.17) is 0 Å². The molecule has 0 radical (unpaired) electrons. The minimum Gasteiger partial charge on any atom is -0.254 e. The molecule has 4 aromatic rings. The van der Waals surface area contributed by atoms with Gasteiger partial charge in [0.1, 0.15) is 15.2 Å². The van der Waals surface area contributed by atoms with Crippen molar-refractivity contribution in [2.75, 3.05) is 0 Å². The molecule has 0 amide bonds. The van der Waals surface area contributed by atoms with Gasteiger partial charge in [-0.25, -0.2) is 4.98 Å². The van der Waals surface area contributed by atoms with Gasteiger partial charge in [-0.1, -0.05) is 11.3 Å². The van der Waals surface area contributed by atoms with Gasteiger partial charge in [-0.2, -0.15) is 4.57 Å². The molecule has 4 aromatic heterocycles. The molecule has 0 bridgehead atoms. The number of hydrogen-bond donors (Lipinski definition) is 0. The zero-order valence-electron chi connectivity index (χ0n) is 9.83. The smallest absolute Gasteiger partial charge is 0.254 e. The third-order valence-corrected chi connectivity index (χ3v) is 6.04. The van der Waals surface area contributed by atoms with Gasteiger partial charge in [0.15, 0.2) is 6.54 Å². The van der Waals surface area contributed by atoms with E-state index in [-0.39, 0.29) is 0 Å². The monoisotopic (exact) mass is 282 g/mol. The molecule has 0 atom stereocenters. The second kappa shape index (κ2) is 3.37. The number of rotatable bonds is 0. The summed E-state index contributed by atoms with van der Waals surface area (Å²) in [6.45, 7) is 0.887. The number of nitrogens with zero attached hydrogens (tertiary/aromatic N) is 3. The molecule has 0 unspecified atom stereocenters. The largest absolute Gasteiger partial charge is 0.283 e. The Morgan fingerprint density at radius 1 is 1.05 bits per heavy atom. The fourth-order valence-corrected chi connectivity index (χ4v) is 5.32. The zero-order chi connectivity index (χ0) is 12.4. The van der Waals surface area contributed by atoms with Crippen molar-refractivity contribution in [1.82, 2.24) is 9.97 Å². The van der Waals surface area contributed by atoms with Crippen LogP contribution in [-0.2, 0) is 6.54 Å². The van der Waals surface area contributed by atoms with Gasteiger partial charge in [0.2, 0.25) is 0 Å². The lowest BCUT2D eigenvalue weighted by atomic mass is 10.2. The number of pyridine rings is 2. The zero-order valence-corrected chi connectivity index (χ0v) is 11.5. The molecule has 19 heavy (non-hydrogen) atoms. The Labute approximate surface area is 116 Å². The minimum atomic E-state index is 0.887. The van der Waals surface area contributed by atoms with E-state index in [2.05, 4.69) is 26.7 Å². The van der Waals surface area contributed by atoms with E-state index in [1.807, 2.05) is 35.9 Å². The second-order valence-corrected chi connectivity index (χ2v) is 6.56. The molecule has 0 aromatic carbocycles. The minimum absolute atomic E-state index is 0.887. The van der Waals surface area contributed by atoms with E-state index in [0.717, 1.165) is 11.4 Å². The van der Waals surface area contributed by atoms with Crippen LogP contribution in [0, 0.1) is 0 Å². The molecule has 3 nitrogen and oxygen atoms in total. The summed E-state index contributed by atoms with van der Waals surface area (Å²) in [6, 6.07) is 8.36. The first kappa shape index (κ1) is 10.00. The molecule has 1 aliphatic heterocycles. The van der Waals surface area contributed by atoms with Crippen LogP contribution in [0.25, 0.3) is 30.3 Å². The van der Waals surface area contributed by atoms with Crippen LogP contribution in [0.15, 0.2) is 36.7 Å². The molecule has 0 N–H and O–H groups in total. The van der Waals surface area contributed by atoms with Gasteiger partial charge in [0.05, 0.1) is 5.56 Å². The van der Waals surface area contributed by atoms with E-state index >= 15 is 0 Å². The molecule has 90 valence electrons. The van der Waals surface area contributed by atoms with Crippen molar-refractivity contribution in [2.24, 2.45) is 0 Å². The maximum atomic E-state index is 4.48. The molecule has 5 heteroatoms. The quantitative estimate of drug-likeness (QED) is 0.408. The van der Waals surface area contributed by atoms with Gasteiger partial charge in [-0.05, 0) is 35.6 Å². The molecule has 1 aliphatic rings. The molecule has 0 spiro atoms. The topological polar surface area (TPSA) is 29.7 Å². The summed E-state index contributed by atoms with van der Waals surface area (Å²) in [6.07, 6.45) is 3.74. The Hall–Kier alpha value is -1.85. The van der Waals surface area contributed by atoms with E-state index in [0.29, 0.717) is 0 Å². The van der Waals surface area contributed by atoms with Crippen molar-refractivity contribution in [2.45, 2.75) is 6.54 Å². The van der Waals surface area contributed by atoms with Gasteiger partial charge < -0.3 is 0 Å². The summed E-state index contributed by atoms with van der Waals surface area (Å²) in [7, 11) is 0. The summed E-state index contributed by atoms with van der Waals surface area (Å²) < 4.78 is 3.74. The van der Waals surface area contributed by atoms with Crippen LogP contribution in [0.1, 0.15) is 5.69 Å². The summed E-state index contributed by atoms with van der Waals surface area (Å²) >= 11 is 3.64. The number of thiazole rings is 1. The van der Waals surface area contributed by atoms with E-state index in [1.54, 1.807) is 11.3 Å². The normalized spacial score (nSPS) is 13.1. The van der Waals surface area contributed by atoms with Gasteiger partial charge >= 0.3 is 0 Å². The maximum absolute atomic E-state index is 4.48. The lowest BCUT2D eigenvalue weighted by molar-refractivity contribution is -0.640. The Morgan fingerprint density at radius 2 is 1.95 bits per heavy atom. The van der Waals surface area contributed by atoms with Crippen LogP contribution < -0.4 is 4.57 Å². The number of thiophene rings is 1. The van der Waals surface area contributed by atoms with Crippen molar-refractivity contribution in [1.29, 1.82) is 0 Å². The highest BCUT2D eigenvalue weighted by Crippen LogP contribution is 2.41. The van der Waals surface area contributed by atoms with E-state index in [1.165, 1.54) is 31.2 Å². The Kier molecular flexibility index (Phi) is 1.78. The average molecular weight is 282 g/mol. The lowest BCUT2D eigenvalue weighted by Crippen LogP contribution is -2.29. The lowest BCUT2D eigenvalue weighted by Gasteiger charge is -1.88. The van der Waals surface area contributed by atoms with Crippen LogP contribution in [0.4, 0.5) is 0 Å². The van der Waals surface area contributed by atoms with Crippen molar-refractivity contribution in [3.05, 3.63) is 42.4 Å². The predicted octanol–water partition coefficient (Wildman–Crippen LogP) is 3.22. The molecule has 0 saturated carbocycles.